The molecule has 1 heteroatoms. The fourth-order valence-corrected chi connectivity index (χ4v) is 0.680. The van der Waals surface area contributed by atoms with Crippen molar-refractivity contribution in [3.05, 3.63) is 35.6 Å². The van der Waals surface area contributed by atoms with Crippen LogP contribution in [0, 0.1) is 0 Å². The van der Waals surface area contributed by atoms with Crippen molar-refractivity contribution in [1.82, 2.24) is 0 Å². The van der Waals surface area contributed by atoms with E-state index in [1.54, 1.807) is 6.08 Å². The predicted octanol–water partition coefficient (Wildman–Crippen LogP) is 4.39. The molecule has 0 aliphatic carbocycles. The third-order valence-electron chi connectivity index (χ3n) is 1.34. The first-order chi connectivity index (χ1) is 6.22. The molecule has 0 rings (SSSR count). The van der Waals surface area contributed by atoms with Gasteiger partial charge in [-0.2, -0.15) is 0 Å². The van der Waals surface area contributed by atoms with Crippen LogP contribution < -0.4 is 0 Å². The van der Waals surface area contributed by atoms with Gasteiger partial charge in [-0.15, -0.1) is 0 Å². The van der Waals surface area contributed by atoms with E-state index in [-0.39, 0.29) is 0 Å². The molecule has 0 unspecified atom stereocenters. The Morgan fingerprint density at radius 1 is 1.31 bits per heavy atom. The summed E-state index contributed by atoms with van der Waals surface area (Å²) >= 11 is 0. The van der Waals surface area contributed by atoms with Crippen LogP contribution in [0.5, 0.6) is 0 Å². The van der Waals surface area contributed by atoms with E-state index in [9.17, 15) is 5.11 Å². The van der Waals surface area contributed by atoms with E-state index in [0.29, 0.717) is 5.76 Å². The zero-order valence-corrected chi connectivity index (χ0v) is 9.46. The van der Waals surface area contributed by atoms with Crippen LogP contribution >= 0.6 is 0 Å². The van der Waals surface area contributed by atoms with Gasteiger partial charge in [0, 0.05) is 0 Å². The van der Waals surface area contributed by atoms with E-state index in [1.807, 2.05) is 52.8 Å². The summed E-state index contributed by atoms with van der Waals surface area (Å²) in [5.74, 6) is 0.380. The SMILES string of the molecule is CC.C\C=C/C=C(C)\C(O)=C/CC. The molecule has 0 fully saturated rings. The van der Waals surface area contributed by atoms with E-state index in [1.165, 1.54) is 0 Å². The molecule has 0 spiro atoms. The summed E-state index contributed by atoms with van der Waals surface area (Å²) in [6.07, 6.45) is 8.40. The summed E-state index contributed by atoms with van der Waals surface area (Å²) in [6.45, 7) is 9.84. The third kappa shape index (κ3) is 8.93. The Kier molecular flexibility index (Phi) is 12.3. The molecular formula is C12H22O. The van der Waals surface area contributed by atoms with Crippen LogP contribution in [0.2, 0.25) is 0 Å². The average molecular weight is 182 g/mol. The van der Waals surface area contributed by atoms with Crippen molar-refractivity contribution in [2.75, 3.05) is 0 Å². The molecule has 0 saturated heterocycles. The number of aliphatic hydroxyl groups is 1. The van der Waals surface area contributed by atoms with Gasteiger partial charge < -0.3 is 5.11 Å². The summed E-state index contributed by atoms with van der Waals surface area (Å²) in [7, 11) is 0. The lowest BCUT2D eigenvalue weighted by Gasteiger charge is -1.96. The van der Waals surface area contributed by atoms with Crippen molar-refractivity contribution in [1.29, 1.82) is 0 Å². The molecule has 1 N–H and O–H groups in total. The van der Waals surface area contributed by atoms with Crippen molar-refractivity contribution >= 4 is 0 Å². The molecule has 0 bridgehead atoms. The van der Waals surface area contributed by atoms with Gasteiger partial charge in [-0.25, -0.2) is 0 Å². The van der Waals surface area contributed by atoms with Crippen LogP contribution in [0.25, 0.3) is 0 Å². The highest BCUT2D eigenvalue weighted by molar-refractivity contribution is 5.26. The number of hydrogen-bond acceptors (Lipinski definition) is 1. The average Bonchev–Trinajstić information content (AvgIpc) is 2.17. The monoisotopic (exact) mass is 182 g/mol. The smallest absolute Gasteiger partial charge is 0.114 e. The van der Waals surface area contributed by atoms with Gasteiger partial charge in [0.1, 0.15) is 5.76 Å². The lowest BCUT2D eigenvalue weighted by Crippen LogP contribution is -1.81. The van der Waals surface area contributed by atoms with Crippen molar-refractivity contribution in [3.8, 4) is 0 Å². The molecule has 1 nitrogen and oxygen atoms in total. The molecule has 0 radical (unpaired) electrons. The zero-order chi connectivity index (χ0) is 10.7. The maximum Gasteiger partial charge on any atom is 0.114 e. The maximum absolute atomic E-state index is 9.30. The van der Waals surface area contributed by atoms with E-state index < -0.39 is 0 Å². The largest absolute Gasteiger partial charge is 0.508 e. The third-order valence-corrected chi connectivity index (χ3v) is 1.34. The number of aliphatic hydroxyl groups excluding tert-OH is 1. The van der Waals surface area contributed by atoms with Gasteiger partial charge in [0.05, 0.1) is 0 Å². The van der Waals surface area contributed by atoms with Crippen molar-refractivity contribution in [2.45, 2.75) is 41.0 Å². The molecule has 0 aliphatic rings. The highest BCUT2D eigenvalue weighted by Crippen LogP contribution is 2.05. The van der Waals surface area contributed by atoms with Crippen molar-refractivity contribution < 1.29 is 5.11 Å². The minimum Gasteiger partial charge on any atom is -0.508 e. The first-order valence-corrected chi connectivity index (χ1v) is 4.91. The van der Waals surface area contributed by atoms with Crippen molar-refractivity contribution in [3.63, 3.8) is 0 Å². The molecule has 0 aliphatic heterocycles. The van der Waals surface area contributed by atoms with Crippen LogP contribution in [0.4, 0.5) is 0 Å². The predicted molar refractivity (Wildman–Crippen MR) is 60.9 cm³/mol. The van der Waals surface area contributed by atoms with Crippen LogP contribution in [0.15, 0.2) is 35.6 Å². The van der Waals surface area contributed by atoms with Gasteiger partial charge >= 0.3 is 0 Å². The minimum atomic E-state index is 0.380. The quantitative estimate of drug-likeness (QED) is 0.507. The Hall–Kier alpha value is -0.980. The van der Waals surface area contributed by atoms with E-state index in [4.69, 9.17) is 0 Å². The molecule has 76 valence electrons. The topological polar surface area (TPSA) is 20.2 Å². The fourth-order valence-electron chi connectivity index (χ4n) is 0.680. The Morgan fingerprint density at radius 3 is 2.23 bits per heavy atom. The second kappa shape index (κ2) is 11.0. The number of rotatable bonds is 3. The molecule has 0 aromatic carbocycles. The van der Waals surface area contributed by atoms with Crippen LogP contribution in [0.1, 0.15) is 41.0 Å². The first-order valence-electron chi connectivity index (χ1n) is 4.91. The van der Waals surface area contributed by atoms with Gasteiger partial charge in [0.25, 0.3) is 0 Å². The second-order valence-electron chi connectivity index (χ2n) is 2.37. The molecule has 0 saturated carbocycles. The summed E-state index contributed by atoms with van der Waals surface area (Å²) < 4.78 is 0. The zero-order valence-electron chi connectivity index (χ0n) is 9.46. The van der Waals surface area contributed by atoms with Gasteiger partial charge in [-0.3, -0.25) is 0 Å². The number of hydrogen-bond donors (Lipinski definition) is 1. The summed E-state index contributed by atoms with van der Waals surface area (Å²) in [5, 5.41) is 9.30. The van der Waals surface area contributed by atoms with Crippen LogP contribution in [-0.2, 0) is 0 Å². The van der Waals surface area contributed by atoms with Gasteiger partial charge in [-0.05, 0) is 31.9 Å². The van der Waals surface area contributed by atoms with E-state index >= 15 is 0 Å². The van der Waals surface area contributed by atoms with E-state index in [0.717, 1.165) is 12.0 Å². The molecule has 0 heterocycles. The Labute approximate surface area is 82.5 Å². The standard InChI is InChI=1S/C10H16O.C2H6/c1-4-6-8-9(3)10(11)7-5-2;1-2/h4,6-8,11H,5H2,1-3H3;1-2H3/b6-4-,9-8-,10-7+;. The summed E-state index contributed by atoms with van der Waals surface area (Å²) in [4.78, 5) is 0. The van der Waals surface area contributed by atoms with E-state index in [2.05, 4.69) is 0 Å². The normalized spacial score (nSPS) is 12.7. The van der Waals surface area contributed by atoms with Gasteiger partial charge in [0.2, 0.25) is 0 Å². The Balaban J connectivity index is 0. The molecule has 0 aromatic rings. The van der Waals surface area contributed by atoms with Crippen molar-refractivity contribution in [2.24, 2.45) is 0 Å². The summed E-state index contributed by atoms with van der Waals surface area (Å²) in [6, 6.07) is 0. The number of allylic oxidation sites excluding steroid dienone is 5. The summed E-state index contributed by atoms with van der Waals surface area (Å²) in [5.41, 5.74) is 0.907. The Bertz CT molecular complexity index is 185. The highest BCUT2D eigenvalue weighted by atomic mass is 16.3. The molecule has 0 amide bonds. The maximum atomic E-state index is 9.30. The fraction of sp³-hybridized carbons (Fsp3) is 0.500. The first kappa shape index (κ1) is 14.5. The Morgan fingerprint density at radius 2 is 1.85 bits per heavy atom. The molecular weight excluding hydrogens is 160 g/mol. The second-order valence-corrected chi connectivity index (χ2v) is 2.37. The van der Waals surface area contributed by atoms with Crippen LogP contribution in [-0.4, -0.2) is 5.11 Å². The van der Waals surface area contributed by atoms with Gasteiger partial charge in [0.15, 0.2) is 0 Å². The van der Waals surface area contributed by atoms with Gasteiger partial charge in [-0.1, -0.05) is 39.0 Å². The molecule has 0 atom stereocenters. The minimum absolute atomic E-state index is 0.380. The molecule has 13 heavy (non-hydrogen) atoms. The van der Waals surface area contributed by atoms with Crippen LogP contribution in [0.3, 0.4) is 0 Å². The lowest BCUT2D eigenvalue weighted by atomic mass is 10.2. The molecule has 0 aromatic heterocycles. The highest BCUT2D eigenvalue weighted by Gasteiger charge is 1.91. The lowest BCUT2D eigenvalue weighted by molar-refractivity contribution is 0.421.